The van der Waals surface area contributed by atoms with E-state index in [1.807, 2.05) is 48.5 Å². The summed E-state index contributed by atoms with van der Waals surface area (Å²) in [5, 5.41) is 1.03. The third-order valence-electron chi connectivity index (χ3n) is 6.18. The Hall–Kier alpha value is -2.98. The Kier molecular flexibility index (Phi) is 4.65. The van der Waals surface area contributed by atoms with Crippen LogP contribution in [0.4, 0.5) is 5.69 Å². The van der Waals surface area contributed by atoms with Gasteiger partial charge in [-0.15, -0.1) is 0 Å². The first kappa shape index (κ1) is 19.7. The number of hydrogen-bond acceptors (Lipinski definition) is 3. The Balaban J connectivity index is 1.67. The van der Waals surface area contributed by atoms with Gasteiger partial charge in [-0.1, -0.05) is 102 Å². The number of hydrogen-bond donors (Lipinski definition) is 0. The largest absolute Gasteiger partial charge is 0.471 e. The highest BCUT2D eigenvalue weighted by atomic mass is 35.5. The molecule has 4 aromatic rings. The fourth-order valence-electron chi connectivity index (χ4n) is 4.82. The molecule has 1 atom stereocenters. The second-order valence-electron chi connectivity index (χ2n) is 7.95. The molecule has 5 heteroatoms. The maximum absolute atomic E-state index is 7.14. The molecule has 0 amide bonds. The van der Waals surface area contributed by atoms with Crippen LogP contribution < -0.4 is 9.64 Å². The minimum Gasteiger partial charge on any atom is -0.471 e. The Morgan fingerprint density at radius 1 is 0.781 bits per heavy atom. The van der Waals surface area contributed by atoms with Crippen molar-refractivity contribution >= 4 is 28.9 Å². The van der Waals surface area contributed by atoms with Gasteiger partial charge in [0.15, 0.2) is 13.0 Å². The molecule has 0 aliphatic carbocycles. The highest BCUT2D eigenvalue weighted by Crippen LogP contribution is 2.55. The van der Waals surface area contributed by atoms with Gasteiger partial charge in [0.1, 0.15) is 11.4 Å². The smallest absolute Gasteiger partial charge is 0.164 e. The molecule has 0 spiro atoms. The van der Waals surface area contributed by atoms with Crippen molar-refractivity contribution in [2.75, 3.05) is 11.6 Å². The van der Waals surface area contributed by atoms with E-state index in [0.29, 0.717) is 22.5 Å². The number of anilines is 1. The van der Waals surface area contributed by atoms with Gasteiger partial charge in [-0.2, -0.15) is 0 Å². The zero-order valence-corrected chi connectivity index (χ0v) is 18.6. The van der Waals surface area contributed by atoms with Gasteiger partial charge in [-0.05, 0) is 29.3 Å². The Labute approximate surface area is 196 Å². The van der Waals surface area contributed by atoms with Crippen molar-refractivity contribution in [3.05, 3.63) is 129 Å². The van der Waals surface area contributed by atoms with E-state index in [4.69, 9.17) is 32.7 Å². The van der Waals surface area contributed by atoms with Gasteiger partial charge in [-0.3, -0.25) is 0 Å². The van der Waals surface area contributed by atoms with E-state index in [-0.39, 0.29) is 0 Å². The van der Waals surface area contributed by atoms with Gasteiger partial charge in [0.05, 0.1) is 5.02 Å². The highest BCUT2D eigenvalue weighted by molar-refractivity contribution is 6.35. The molecule has 0 radical (unpaired) electrons. The molecule has 0 unspecified atom stereocenters. The molecule has 3 nitrogen and oxygen atoms in total. The van der Waals surface area contributed by atoms with Crippen molar-refractivity contribution in [3.8, 4) is 5.75 Å². The number of benzene rings is 4. The van der Waals surface area contributed by atoms with E-state index in [2.05, 4.69) is 47.4 Å². The van der Waals surface area contributed by atoms with Gasteiger partial charge >= 0.3 is 0 Å². The molecule has 6 rings (SSSR count). The summed E-state index contributed by atoms with van der Waals surface area (Å²) >= 11 is 12.9. The number of ether oxygens (including phenoxy) is 2. The first-order valence-corrected chi connectivity index (χ1v) is 11.2. The van der Waals surface area contributed by atoms with Crippen LogP contribution in [0.2, 0.25) is 10.0 Å². The molecule has 4 aromatic carbocycles. The molecule has 2 aliphatic rings. The average molecular weight is 460 g/mol. The van der Waals surface area contributed by atoms with E-state index >= 15 is 0 Å². The molecule has 2 aliphatic heterocycles. The van der Waals surface area contributed by atoms with Crippen LogP contribution in [-0.2, 0) is 10.3 Å². The number of fused-ring (bicyclic) bond motifs is 5. The normalized spacial score (nSPS) is 18.2. The SMILES string of the molecule is Clc1cc(Cl)c2c(c1)[C@@H]1OC(c3ccccc3)(c3ccccc3)c3ccccc3N1CO2. The van der Waals surface area contributed by atoms with Crippen LogP contribution in [-0.4, -0.2) is 6.73 Å². The predicted molar refractivity (Wildman–Crippen MR) is 127 cm³/mol. The minimum absolute atomic E-state index is 0.329. The van der Waals surface area contributed by atoms with E-state index in [1.165, 1.54) is 0 Å². The van der Waals surface area contributed by atoms with Crippen LogP contribution in [0.3, 0.4) is 0 Å². The van der Waals surface area contributed by atoms with Crippen molar-refractivity contribution in [1.29, 1.82) is 0 Å². The molecule has 0 fully saturated rings. The van der Waals surface area contributed by atoms with Crippen molar-refractivity contribution in [2.45, 2.75) is 11.8 Å². The van der Waals surface area contributed by atoms with Gasteiger partial charge in [0.2, 0.25) is 0 Å². The van der Waals surface area contributed by atoms with Crippen LogP contribution >= 0.6 is 23.2 Å². The van der Waals surface area contributed by atoms with E-state index in [0.717, 1.165) is 27.9 Å². The summed E-state index contributed by atoms with van der Waals surface area (Å²) in [6, 6.07) is 32.6. The molecule has 0 saturated carbocycles. The Morgan fingerprint density at radius 3 is 2.09 bits per heavy atom. The molecule has 0 saturated heterocycles. The third-order valence-corrected chi connectivity index (χ3v) is 6.67. The standard InChI is InChI=1S/C27H19Cl2NO2/c28-20-15-21-25(23(29)16-20)31-17-30-24-14-8-7-13-22(24)27(32-26(21)30,18-9-3-1-4-10-18)19-11-5-2-6-12-19/h1-16,26H,17H2/t26-/m0/s1. The summed E-state index contributed by atoms with van der Waals surface area (Å²) in [6.07, 6.45) is -0.426. The maximum atomic E-state index is 7.14. The second-order valence-corrected chi connectivity index (χ2v) is 8.79. The first-order valence-electron chi connectivity index (χ1n) is 10.5. The fourth-order valence-corrected chi connectivity index (χ4v) is 5.38. The summed E-state index contributed by atoms with van der Waals surface area (Å²) in [5.74, 6) is 0.617. The van der Waals surface area contributed by atoms with E-state index in [1.54, 1.807) is 6.07 Å². The summed E-state index contributed by atoms with van der Waals surface area (Å²) in [6.45, 7) is 0.329. The highest BCUT2D eigenvalue weighted by Gasteiger charge is 2.49. The molecule has 32 heavy (non-hydrogen) atoms. The summed E-state index contributed by atoms with van der Waals surface area (Å²) in [5.41, 5.74) is 4.23. The van der Waals surface area contributed by atoms with Crippen LogP contribution in [0, 0.1) is 0 Å². The van der Waals surface area contributed by atoms with Crippen molar-refractivity contribution in [2.24, 2.45) is 0 Å². The predicted octanol–water partition coefficient (Wildman–Crippen LogP) is 7.17. The quantitative estimate of drug-likeness (QED) is 0.317. The van der Waals surface area contributed by atoms with Gasteiger partial charge in [-0.25, -0.2) is 0 Å². The van der Waals surface area contributed by atoms with Gasteiger partial charge < -0.3 is 14.4 Å². The number of halogens is 2. The molecule has 0 aromatic heterocycles. The van der Waals surface area contributed by atoms with Gasteiger partial charge in [0, 0.05) is 21.8 Å². The Morgan fingerprint density at radius 2 is 1.41 bits per heavy atom. The average Bonchev–Trinajstić information content (AvgIpc) is 2.84. The first-order chi connectivity index (χ1) is 15.7. The zero-order valence-electron chi connectivity index (χ0n) is 17.0. The lowest BCUT2D eigenvalue weighted by molar-refractivity contribution is -0.0732. The third kappa shape index (κ3) is 2.86. The lowest BCUT2D eigenvalue weighted by Gasteiger charge is -2.50. The lowest BCUT2D eigenvalue weighted by Crippen LogP contribution is -2.49. The maximum Gasteiger partial charge on any atom is 0.164 e. The molecule has 0 bridgehead atoms. The van der Waals surface area contributed by atoms with Gasteiger partial charge in [0.25, 0.3) is 0 Å². The fraction of sp³-hybridized carbons (Fsp3) is 0.111. The lowest BCUT2D eigenvalue weighted by atomic mass is 9.77. The molecular weight excluding hydrogens is 441 g/mol. The van der Waals surface area contributed by atoms with Crippen LogP contribution in [0.15, 0.2) is 97.1 Å². The van der Waals surface area contributed by atoms with E-state index in [9.17, 15) is 0 Å². The minimum atomic E-state index is -0.816. The van der Waals surface area contributed by atoms with Crippen molar-refractivity contribution in [3.63, 3.8) is 0 Å². The summed E-state index contributed by atoms with van der Waals surface area (Å²) in [7, 11) is 0. The topological polar surface area (TPSA) is 21.7 Å². The summed E-state index contributed by atoms with van der Waals surface area (Å²) in [4.78, 5) is 2.12. The monoisotopic (exact) mass is 459 g/mol. The van der Waals surface area contributed by atoms with E-state index < -0.39 is 11.8 Å². The van der Waals surface area contributed by atoms with Crippen LogP contribution in [0.25, 0.3) is 0 Å². The molecular formula is C27H19Cl2NO2. The zero-order chi connectivity index (χ0) is 21.7. The molecule has 158 valence electrons. The van der Waals surface area contributed by atoms with Crippen LogP contribution in [0.5, 0.6) is 5.75 Å². The van der Waals surface area contributed by atoms with Crippen molar-refractivity contribution in [1.82, 2.24) is 0 Å². The number of rotatable bonds is 2. The second kappa shape index (κ2) is 7.56. The number of nitrogens with zero attached hydrogens (tertiary/aromatic N) is 1. The molecule has 2 heterocycles. The number of para-hydroxylation sites is 1. The molecule has 0 N–H and O–H groups in total. The van der Waals surface area contributed by atoms with Crippen molar-refractivity contribution < 1.29 is 9.47 Å². The van der Waals surface area contributed by atoms with Crippen LogP contribution in [0.1, 0.15) is 28.5 Å². The Bertz CT molecular complexity index is 1250. The summed E-state index contributed by atoms with van der Waals surface area (Å²) < 4.78 is 13.2.